The molecule has 1 aliphatic heterocycles. The summed E-state index contributed by atoms with van der Waals surface area (Å²) < 4.78 is 0. The van der Waals surface area contributed by atoms with E-state index in [-0.39, 0.29) is 0 Å². The van der Waals surface area contributed by atoms with Gasteiger partial charge in [-0.3, -0.25) is 0 Å². The number of rotatable bonds is 4. The molecule has 1 N–H and O–H groups in total. The number of nitrogens with zero attached hydrogens (tertiary/aromatic N) is 1. The van der Waals surface area contributed by atoms with Gasteiger partial charge in [0.2, 0.25) is 0 Å². The van der Waals surface area contributed by atoms with Crippen LogP contribution in [-0.2, 0) is 0 Å². The summed E-state index contributed by atoms with van der Waals surface area (Å²) in [5, 5.41) is 5.91. The number of nitrogens with one attached hydrogen (secondary N) is 1. The van der Waals surface area contributed by atoms with Crippen molar-refractivity contribution in [1.82, 2.24) is 10.2 Å². The Hall–Kier alpha value is -0.380. The number of thiophene rings is 1. The van der Waals surface area contributed by atoms with Crippen molar-refractivity contribution >= 4 is 11.3 Å². The molecule has 2 heterocycles. The number of likely N-dealkylation sites (tertiary alicyclic amines) is 1. The van der Waals surface area contributed by atoms with Crippen molar-refractivity contribution in [1.29, 1.82) is 0 Å². The first-order valence-electron chi connectivity index (χ1n) is 6.31. The smallest absolute Gasteiger partial charge is 0.0388 e. The molecule has 3 heteroatoms. The van der Waals surface area contributed by atoms with E-state index in [2.05, 4.69) is 41.6 Å². The van der Waals surface area contributed by atoms with Gasteiger partial charge in [-0.05, 0) is 50.8 Å². The third-order valence-corrected chi connectivity index (χ3v) is 4.55. The van der Waals surface area contributed by atoms with Crippen molar-refractivity contribution in [2.45, 2.75) is 38.8 Å². The summed E-state index contributed by atoms with van der Waals surface area (Å²) in [6.07, 6.45) is 2.59. The highest BCUT2D eigenvalue weighted by atomic mass is 32.1. The lowest BCUT2D eigenvalue weighted by Crippen LogP contribution is -2.42. The van der Waals surface area contributed by atoms with Gasteiger partial charge in [-0.15, -0.1) is 11.3 Å². The van der Waals surface area contributed by atoms with Gasteiger partial charge in [-0.25, -0.2) is 0 Å². The van der Waals surface area contributed by atoms with E-state index in [4.69, 9.17) is 0 Å². The Morgan fingerprint density at radius 1 is 1.50 bits per heavy atom. The van der Waals surface area contributed by atoms with Crippen LogP contribution in [-0.4, -0.2) is 30.6 Å². The van der Waals surface area contributed by atoms with Crippen molar-refractivity contribution < 1.29 is 0 Å². The highest BCUT2D eigenvalue weighted by Crippen LogP contribution is 2.20. The topological polar surface area (TPSA) is 15.3 Å². The van der Waals surface area contributed by atoms with Gasteiger partial charge in [0.15, 0.2) is 0 Å². The molecule has 90 valence electrons. The monoisotopic (exact) mass is 238 g/mol. The largest absolute Gasteiger partial charge is 0.307 e. The maximum atomic E-state index is 3.75. The third-order valence-electron chi connectivity index (χ3n) is 3.49. The van der Waals surface area contributed by atoms with E-state index in [1.807, 2.05) is 11.3 Å². The third kappa shape index (κ3) is 3.06. The fraction of sp³-hybridized carbons (Fsp3) is 0.692. The molecule has 0 aromatic carbocycles. The minimum atomic E-state index is 0.512. The first-order chi connectivity index (χ1) is 7.79. The summed E-state index contributed by atoms with van der Waals surface area (Å²) >= 11 is 1.85. The van der Waals surface area contributed by atoms with Gasteiger partial charge in [0, 0.05) is 17.0 Å². The molecule has 2 nitrogen and oxygen atoms in total. The van der Waals surface area contributed by atoms with E-state index in [1.165, 1.54) is 37.4 Å². The van der Waals surface area contributed by atoms with Gasteiger partial charge >= 0.3 is 0 Å². The normalized spacial score (nSPS) is 21.1. The van der Waals surface area contributed by atoms with E-state index < -0.39 is 0 Å². The maximum Gasteiger partial charge on any atom is 0.0388 e. The van der Waals surface area contributed by atoms with Gasteiger partial charge in [-0.1, -0.05) is 13.0 Å². The van der Waals surface area contributed by atoms with Crippen LogP contribution in [0.15, 0.2) is 17.5 Å². The van der Waals surface area contributed by atoms with Gasteiger partial charge in [-0.2, -0.15) is 0 Å². The first kappa shape index (κ1) is 12.1. The molecule has 1 fully saturated rings. The molecule has 1 aromatic rings. The van der Waals surface area contributed by atoms with E-state index in [0.29, 0.717) is 12.1 Å². The summed E-state index contributed by atoms with van der Waals surface area (Å²) in [4.78, 5) is 3.99. The lowest BCUT2D eigenvalue weighted by Gasteiger charge is -2.33. The predicted molar refractivity (Wildman–Crippen MR) is 71.0 cm³/mol. The average Bonchev–Trinajstić information content (AvgIpc) is 2.83. The molecular formula is C13H22N2S. The Kier molecular flexibility index (Phi) is 4.38. The van der Waals surface area contributed by atoms with Crippen LogP contribution >= 0.6 is 11.3 Å². The zero-order chi connectivity index (χ0) is 11.4. The highest BCUT2D eigenvalue weighted by molar-refractivity contribution is 7.10. The molecule has 2 rings (SSSR count). The lowest BCUT2D eigenvalue weighted by molar-refractivity contribution is 0.200. The highest BCUT2D eigenvalue weighted by Gasteiger charge is 2.19. The zero-order valence-electron chi connectivity index (χ0n) is 10.3. The standard InChI is InChI=1S/C13H22N2S/c1-3-15-8-6-12(7-9-15)14-11(2)13-5-4-10-16-13/h4-5,10-12,14H,3,6-9H2,1-2H3/t11-/m1/s1. The fourth-order valence-corrected chi connectivity index (χ4v) is 3.13. The summed E-state index contributed by atoms with van der Waals surface area (Å²) in [6, 6.07) is 5.58. The first-order valence-corrected chi connectivity index (χ1v) is 7.19. The van der Waals surface area contributed by atoms with Crippen molar-refractivity contribution in [3.05, 3.63) is 22.4 Å². The van der Waals surface area contributed by atoms with Crippen molar-refractivity contribution in [3.63, 3.8) is 0 Å². The summed E-state index contributed by atoms with van der Waals surface area (Å²) in [5.74, 6) is 0. The molecule has 0 aliphatic carbocycles. The molecular weight excluding hydrogens is 216 g/mol. The quantitative estimate of drug-likeness (QED) is 0.867. The van der Waals surface area contributed by atoms with Crippen LogP contribution in [0.25, 0.3) is 0 Å². The molecule has 16 heavy (non-hydrogen) atoms. The molecule has 1 aliphatic rings. The minimum Gasteiger partial charge on any atom is -0.307 e. The van der Waals surface area contributed by atoms with E-state index in [0.717, 1.165) is 0 Å². The molecule has 1 aromatic heterocycles. The predicted octanol–water partition coefficient (Wildman–Crippen LogP) is 2.88. The maximum absolute atomic E-state index is 3.75. The SMILES string of the molecule is CCN1CCC(N[C@H](C)c2cccs2)CC1. The van der Waals surface area contributed by atoms with E-state index in [9.17, 15) is 0 Å². The minimum absolute atomic E-state index is 0.512. The molecule has 0 bridgehead atoms. The second-order valence-electron chi connectivity index (χ2n) is 4.61. The van der Waals surface area contributed by atoms with Crippen molar-refractivity contribution in [2.75, 3.05) is 19.6 Å². The Morgan fingerprint density at radius 3 is 2.81 bits per heavy atom. The Balaban J connectivity index is 1.78. The van der Waals surface area contributed by atoms with Gasteiger partial charge in [0.05, 0.1) is 0 Å². The Bertz CT molecular complexity index is 289. The summed E-state index contributed by atoms with van der Waals surface area (Å²) in [5.41, 5.74) is 0. The molecule has 0 spiro atoms. The summed E-state index contributed by atoms with van der Waals surface area (Å²) in [7, 11) is 0. The molecule has 1 saturated heterocycles. The number of hydrogen-bond acceptors (Lipinski definition) is 3. The number of hydrogen-bond donors (Lipinski definition) is 1. The summed E-state index contributed by atoms with van der Waals surface area (Å²) in [6.45, 7) is 8.24. The lowest BCUT2D eigenvalue weighted by atomic mass is 10.0. The van der Waals surface area contributed by atoms with Crippen LogP contribution in [0, 0.1) is 0 Å². The Morgan fingerprint density at radius 2 is 2.25 bits per heavy atom. The Labute approximate surface area is 103 Å². The van der Waals surface area contributed by atoms with Gasteiger partial charge < -0.3 is 10.2 Å². The van der Waals surface area contributed by atoms with Crippen LogP contribution < -0.4 is 5.32 Å². The van der Waals surface area contributed by atoms with Gasteiger partial charge in [0.25, 0.3) is 0 Å². The van der Waals surface area contributed by atoms with Crippen LogP contribution in [0.4, 0.5) is 0 Å². The van der Waals surface area contributed by atoms with Crippen LogP contribution in [0.5, 0.6) is 0 Å². The van der Waals surface area contributed by atoms with Crippen LogP contribution in [0.1, 0.15) is 37.6 Å². The second kappa shape index (κ2) is 5.80. The molecule has 0 unspecified atom stereocenters. The molecule has 0 saturated carbocycles. The van der Waals surface area contributed by atoms with E-state index in [1.54, 1.807) is 0 Å². The number of piperidine rings is 1. The van der Waals surface area contributed by atoms with Crippen molar-refractivity contribution in [2.24, 2.45) is 0 Å². The zero-order valence-corrected chi connectivity index (χ0v) is 11.1. The molecule has 0 amide bonds. The van der Waals surface area contributed by atoms with Crippen molar-refractivity contribution in [3.8, 4) is 0 Å². The van der Waals surface area contributed by atoms with Crippen LogP contribution in [0.3, 0.4) is 0 Å². The van der Waals surface area contributed by atoms with E-state index >= 15 is 0 Å². The fourth-order valence-electron chi connectivity index (χ4n) is 2.39. The second-order valence-corrected chi connectivity index (χ2v) is 5.59. The van der Waals surface area contributed by atoms with Gasteiger partial charge in [0.1, 0.15) is 0 Å². The molecule has 0 radical (unpaired) electrons. The molecule has 1 atom stereocenters. The van der Waals surface area contributed by atoms with Crippen LogP contribution in [0.2, 0.25) is 0 Å². The average molecular weight is 238 g/mol.